The van der Waals surface area contributed by atoms with Crippen molar-refractivity contribution >= 4 is 17.7 Å². The first kappa shape index (κ1) is 17.9. The third kappa shape index (κ3) is 4.57. The molecular weight excluding hydrogens is 328 g/mol. The Labute approximate surface area is 153 Å². The van der Waals surface area contributed by atoms with Gasteiger partial charge in [0.05, 0.1) is 6.54 Å². The molecule has 5 heteroatoms. The summed E-state index contributed by atoms with van der Waals surface area (Å²) in [7, 11) is 0. The van der Waals surface area contributed by atoms with Crippen molar-refractivity contribution in [3.8, 4) is 0 Å². The standard InChI is InChI=1S/C21H22N2O3/c24-19-12-13-20(25)23(19)15-17-8-10-18(11-9-17)21(26)22-14-4-7-16-5-2-1-3-6-16/h1-3,5-6,8-11H,4,7,12-15H2,(H,22,26). The Hall–Kier alpha value is -2.95. The predicted molar refractivity (Wildman–Crippen MR) is 98.3 cm³/mol. The van der Waals surface area contributed by atoms with Gasteiger partial charge in [-0.3, -0.25) is 19.3 Å². The molecule has 0 spiro atoms. The van der Waals surface area contributed by atoms with Gasteiger partial charge in [-0.2, -0.15) is 0 Å². The van der Waals surface area contributed by atoms with Gasteiger partial charge in [-0.1, -0.05) is 42.5 Å². The molecule has 2 aromatic carbocycles. The van der Waals surface area contributed by atoms with Crippen LogP contribution in [0.3, 0.4) is 0 Å². The number of nitrogens with one attached hydrogen (secondary N) is 1. The Kier molecular flexibility index (Phi) is 5.79. The van der Waals surface area contributed by atoms with Crippen molar-refractivity contribution in [3.05, 3.63) is 71.3 Å². The molecule has 5 nitrogen and oxygen atoms in total. The maximum atomic E-state index is 12.2. The van der Waals surface area contributed by atoms with Gasteiger partial charge in [-0.05, 0) is 36.1 Å². The van der Waals surface area contributed by atoms with Crippen molar-refractivity contribution < 1.29 is 14.4 Å². The Morgan fingerprint density at radius 1 is 0.885 bits per heavy atom. The van der Waals surface area contributed by atoms with Crippen LogP contribution in [0.2, 0.25) is 0 Å². The van der Waals surface area contributed by atoms with Gasteiger partial charge in [-0.15, -0.1) is 0 Å². The van der Waals surface area contributed by atoms with Crippen LogP contribution in [-0.4, -0.2) is 29.2 Å². The Bertz CT molecular complexity index is 769. The van der Waals surface area contributed by atoms with E-state index in [1.807, 2.05) is 18.2 Å². The number of rotatable bonds is 7. The number of aryl methyl sites for hydroxylation is 1. The SMILES string of the molecule is O=C(NCCCc1ccccc1)c1ccc(CN2C(=O)CCC2=O)cc1. The summed E-state index contributed by atoms with van der Waals surface area (Å²) in [4.78, 5) is 36.8. The number of carbonyl (C=O) groups excluding carboxylic acids is 3. The van der Waals surface area contributed by atoms with Gasteiger partial charge in [0.2, 0.25) is 11.8 Å². The lowest BCUT2D eigenvalue weighted by Gasteiger charge is -2.14. The minimum absolute atomic E-state index is 0.113. The van der Waals surface area contributed by atoms with Gasteiger partial charge in [-0.25, -0.2) is 0 Å². The number of amides is 3. The quantitative estimate of drug-likeness (QED) is 0.617. The summed E-state index contributed by atoms with van der Waals surface area (Å²) in [6, 6.07) is 17.2. The molecule has 0 unspecified atom stereocenters. The van der Waals surface area contributed by atoms with Gasteiger partial charge >= 0.3 is 0 Å². The molecule has 3 amide bonds. The Balaban J connectivity index is 1.46. The first-order valence-electron chi connectivity index (χ1n) is 8.88. The molecule has 26 heavy (non-hydrogen) atoms. The van der Waals surface area contributed by atoms with Gasteiger partial charge in [0.1, 0.15) is 0 Å². The summed E-state index contributed by atoms with van der Waals surface area (Å²) in [6.45, 7) is 0.892. The molecule has 1 fully saturated rings. The maximum absolute atomic E-state index is 12.2. The molecule has 1 saturated heterocycles. The summed E-state index contributed by atoms with van der Waals surface area (Å²) < 4.78 is 0. The average Bonchev–Trinajstić information content (AvgIpc) is 2.98. The number of carbonyl (C=O) groups is 3. The van der Waals surface area contributed by atoms with Crippen LogP contribution < -0.4 is 5.32 Å². The Morgan fingerprint density at radius 2 is 1.54 bits per heavy atom. The van der Waals surface area contributed by atoms with E-state index in [2.05, 4.69) is 17.4 Å². The summed E-state index contributed by atoms with van der Waals surface area (Å²) in [6.07, 6.45) is 2.40. The maximum Gasteiger partial charge on any atom is 0.251 e. The average molecular weight is 350 g/mol. The van der Waals surface area contributed by atoms with Crippen LogP contribution in [0.25, 0.3) is 0 Å². The summed E-state index contributed by atoms with van der Waals surface area (Å²) in [5.74, 6) is -0.372. The topological polar surface area (TPSA) is 66.5 Å². The van der Waals surface area contributed by atoms with Crippen LogP contribution >= 0.6 is 0 Å². The minimum atomic E-state index is -0.129. The van der Waals surface area contributed by atoms with E-state index in [0.29, 0.717) is 24.9 Å². The molecule has 0 aliphatic carbocycles. The van der Waals surface area contributed by atoms with Crippen molar-refractivity contribution in [2.24, 2.45) is 0 Å². The van der Waals surface area contributed by atoms with Crippen molar-refractivity contribution in [1.29, 1.82) is 0 Å². The molecule has 0 bridgehead atoms. The monoisotopic (exact) mass is 350 g/mol. The molecule has 1 aliphatic heterocycles. The lowest BCUT2D eigenvalue weighted by atomic mass is 10.1. The molecule has 1 heterocycles. The van der Waals surface area contributed by atoms with Gasteiger partial charge in [0.25, 0.3) is 5.91 Å². The highest BCUT2D eigenvalue weighted by Gasteiger charge is 2.28. The fourth-order valence-corrected chi connectivity index (χ4v) is 2.98. The van der Waals surface area contributed by atoms with Crippen molar-refractivity contribution in [2.45, 2.75) is 32.2 Å². The number of hydrogen-bond donors (Lipinski definition) is 1. The molecule has 2 aromatic rings. The fourth-order valence-electron chi connectivity index (χ4n) is 2.98. The zero-order valence-corrected chi connectivity index (χ0v) is 14.6. The van der Waals surface area contributed by atoms with E-state index in [1.165, 1.54) is 10.5 Å². The Morgan fingerprint density at radius 3 is 2.19 bits per heavy atom. The van der Waals surface area contributed by atoms with Crippen LogP contribution in [-0.2, 0) is 22.6 Å². The van der Waals surface area contributed by atoms with Crippen molar-refractivity contribution in [2.75, 3.05) is 6.54 Å². The molecule has 3 rings (SSSR count). The van der Waals surface area contributed by atoms with E-state index < -0.39 is 0 Å². The summed E-state index contributed by atoms with van der Waals surface area (Å²) >= 11 is 0. The van der Waals surface area contributed by atoms with E-state index in [9.17, 15) is 14.4 Å². The molecular formula is C21H22N2O3. The highest BCUT2D eigenvalue weighted by atomic mass is 16.2. The number of benzene rings is 2. The number of likely N-dealkylation sites (tertiary alicyclic amines) is 1. The van der Waals surface area contributed by atoms with E-state index in [4.69, 9.17) is 0 Å². The molecule has 0 aromatic heterocycles. The molecule has 1 aliphatic rings. The minimum Gasteiger partial charge on any atom is -0.352 e. The van der Waals surface area contributed by atoms with Gasteiger partial charge < -0.3 is 5.32 Å². The third-order valence-electron chi connectivity index (χ3n) is 4.48. The second kappa shape index (κ2) is 8.43. The predicted octanol–water partition coefficient (Wildman–Crippen LogP) is 2.70. The molecule has 0 saturated carbocycles. The van der Waals surface area contributed by atoms with Gasteiger partial charge in [0, 0.05) is 24.9 Å². The normalized spacial score (nSPS) is 13.9. The van der Waals surface area contributed by atoms with E-state index in [0.717, 1.165) is 18.4 Å². The van der Waals surface area contributed by atoms with Crippen LogP contribution in [0.5, 0.6) is 0 Å². The molecule has 134 valence electrons. The highest BCUT2D eigenvalue weighted by Crippen LogP contribution is 2.16. The highest BCUT2D eigenvalue weighted by molar-refractivity contribution is 6.01. The molecule has 1 N–H and O–H groups in total. The first-order chi connectivity index (χ1) is 12.6. The van der Waals surface area contributed by atoms with Gasteiger partial charge in [0.15, 0.2) is 0 Å². The van der Waals surface area contributed by atoms with Crippen molar-refractivity contribution in [3.63, 3.8) is 0 Å². The second-order valence-corrected chi connectivity index (χ2v) is 6.42. The van der Waals surface area contributed by atoms with Crippen LogP contribution in [0.15, 0.2) is 54.6 Å². The number of nitrogens with zero attached hydrogens (tertiary/aromatic N) is 1. The van der Waals surface area contributed by atoms with Crippen LogP contribution in [0.1, 0.15) is 40.7 Å². The fraction of sp³-hybridized carbons (Fsp3) is 0.286. The molecule has 0 atom stereocenters. The summed E-state index contributed by atoms with van der Waals surface area (Å²) in [5.41, 5.74) is 2.68. The van der Waals surface area contributed by atoms with E-state index >= 15 is 0 Å². The van der Waals surface area contributed by atoms with E-state index in [-0.39, 0.29) is 24.3 Å². The lowest BCUT2D eigenvalue weighted by Crippen LogP contribution is -2.28. The zero-order valence-electron chi connectivity index (χ0n) is 14.6. The summed E-state index contributed by atoms with van der Waals surface area (Å²) in [5, 5.41) is 2.92. The smallest absolute Gasteiger partial charge is 0.251 e. The number of imide groups is 1. The van der Waals surface area contributed by atoms with Crippen molar-refractivity contribution in [1.82, 2.24) is 10.2 Å². The first-order valence-corrected chi connectivity index (χ1v) is 8.88. The zero-order chi connectivity index (χ0) is 18.4. The molecule has 0 radical (unpaired) electrons. The second-order valence-electron chi connectivity index (χ2n) is 6.42. The largest absolute Gasteiger partial charge is 0.352 e. The van der Waals surface area contributed by atoms with Crippen LogP contribution in [0, 0.1) is 0 Å². The number of hydrogen-bond acceptors (Lipinski definition) is 3. The third-order valence-corrected chi connectivity index (χ3v) is 4.48. The van der Waals surface area contributed by atoms with E-state index in [1.54, 1.807) is 24.3 Å². The lowest BCUT2D eigenvalue weighted by molar-refractivity contribution is -0.139. The van der Waals surface area contributed by atoms with Crippen LogP contribution in [0.4, 0.5) is 0 Å².